The molecule has 1 aromatic rings. The van der Waals surface area contributed by atoms with Crippen molar-refractivity contribution in [2.75, 3.05) is 0 Å². The molecule has 0 aromatic carbocycles. The molecule has 0 aliphatic carbocycles. The quantitative estimate of drug-likeness (QED) is 0.710. The molecule has 66 valence electrons. The van der Waals surface area contributed by atoms with Crippen molar-refractivity contribution in [1.29, 1.82) is 0 Å². The average Bonchev–Trinajstić information content (AvgIpc) is 1.91. The second-order valence-electron chi connectivity index (χ2n) is 1.89. The van der Waals surface area contributed by atoms with Gasteiger partial charge in [0.15, 0.2) is 5.75 Å². The second-order valence-corrected chi connectivity index (χ2v) is 3.43. The molecule has 5 nitrogen and oxygen atoms in total. The summed E-state index contributed by atoms with van der Waals surface area (Å²) >= 11 is 5.44. The Kier molecular flexibility index (Phi) is 2.51. The van der Waals surface area contributed by atoms with Gasteiger partial charge < -0.3 is 4.18 Å². The Hall–Kier alpha value is -0.850. The van der Waals surface area contributed by atoms with Gasteiger partial charge >= 0.3 is 10.3 Å². The highest BCUT2D eigenvalue weighted by molar-refractivity contribution is 7.84. The standard InChI is InChI=1S/C5H5ClN2O3S/c6-5-2-1-4(3-8-5)11-12(7,9)10/h1-3H,(H2,7,9,10). The Bertz CT molecular complexity index is 361. The maximum atomic E-state index is 10.4. The summed E-state index contributed by atoms with van der Waals surface area (Å²) in [6.45, 7) is 0. The van der Waals surface area contributed by atoms with Crippen molar-refractivity contribution < 1.29 is 12.6 Å². The zero-order valence-electron chi connectivity index (χ0n) is 5.77. The highest BCUT2D eigenvalue weighted by Crippen LogP contribution is 2.12. The molecule has 12 heavy (non-hydrogen) atoms. The first-order valence-corrected chi connectivity index (χ1v) is 4.66. The van der Waals surface area contributed by atoms with E-state index in [9.17, 15) is 8.42 Å². The highest BCUT2D eigenvalue weighted by atomic mass is 35.5. The van der Waals surface area contributed by atoms with E-state index in [1.165, 1.54) is 12.1 Å². The summed E-state index contributed by atoms with van der Waals surface area (Å²) in [6.07, 6.45) is 1.16. The van der Waals surface area contributed by atoms with Crippen LogP contribution in [0, 0.1) is 0 Å². The van der Waals surface area contributed by atoms with Gasteiger partial charge in [-0.05, 0) is 12.1 Å². The van der Waals surface area contributed by atoms with Crippen LogP contribution in [-0.4, -0.2) is 13.4 Å². The maximum absolute atomic E-state index is 10.4. The number of hydrogen-bond donors (Lipinski definition) is 1. The van der Waals surface area contributed by atoms with Gasteiger partial charge in [0.25, 0.3) is 0 Å². The van der Waals surface area contributed by atoms with Gasteiger partial charge in [0, 0.05) is 0 Å². The summed E-state index contributed by atoms with van der Waals surface area (Å²) in [5.41, 5.74) is 0. The lowest BCUT2D eigenvalue weighted by Crippen LogP contribution is -2.18. The lowest BCUT2D eigenvalue weighted by Gasteiger charge is -1.99. The van der Waals surface area contributed by atoms with Crippen molar-refractivity contribution in [3.8, 4) is 5.75 Å². The molecule has 1 rings (SSSR count). The predicted molar refractivity (Wildman–Crippen MR) is 43.0 cm³/mol. The minimum atomic E-state index is -3.97. The van der Waals surface area contributed by atoms with E-state index in [2.05, 4.69) is 14.3 Å². The van der Waals surface area contributed by atoms with Crippen LogP contribution in [0.25, 0.3) is 0 Å². The van der Waals surface area contributed by atoms with E-state index in [0.29, 0.717) is 0 Å². The minimum absolute atomic E-state index is 0.0295. The van der Waals surface area contributed by atoms with E-state index in [0.717, 1.165) is 6.20 Å². The Morgan fingerprint density at radius 2 is 2.17 bits per heavy atom. The van der Waals surface area contributed by atoms with Gasteiger partial charge in [0.05, 0.1) is 6.20 Å². The first kappa shape index (κ1) is 9.24. The number of pyridine rings is 1. The van der Waals surface area contributed by atoms with E-state index >= 15 is 0 Å². The molecule has 0 saturated carbocycles. The normalized spacial score (nSPS) is 11.2. The van der Waals surface area contributed by atoms with Gasteiger partial charge in [0.1, 0.15) is 5.15 Å². The Morgan fingerprint density at radius 3 is 2.58 bits per heavy atom. The van der Waals surface area contributed by atoms with Gasteiger partial charge in [-0.1, -0.05) is 11.6 Å². The number of aromatic nitrogens is 1. The van der Waals surface area contributed by atoms with Gasteiger partial charge in [-0.15, -0.1) is 0 Å². The second kappa shape index (κ2) is 3.26. The molecule has 0 amide bonds. The molecule has 0 spiro atoms. The van der Waals surface area contributed by atoms with Crippen LogP contribution in [0.3, 0.4) is 0 Å². The van der Waals surface area contributed by atoms with Crippen LogP contribution in [0.1, 0.15) is 0 Å². The summed E-state index contributed by atoms with van der Waals surface area (Å²) < 4.78 is 25.0. The summed E-state index contributed by atoms with van der Waals surface area (Å²) in [5, 5.41) is 4.84. The Balaban J connectivity index is 2.85. The number of nitrogens with two attached hydrogens (primary N) is 1. The zero-order chi connectivity index (χ0) is 9.19. The molecule has 0 saturated heterocycles. The molecule has 2 N–H and O–H groups in total. The molecule has 0 unspecified atom stereocenters. The van der Waals surface area contributed by atoms with E-state index in [-0.39, 0.29) is 10.9 Å². The lowest BCUT2D eigenvalue weighted by atomic mass is 10.5. The molecular formula is C5H5ClN2O3S. The summed E-state index contributed by atoms with van der Waals surface area (Å²) in [5.74, 6) is 0.0295. The van der Waals surface area contributed by atoms with Crippen molar-refractivity contribution in [2.24, 2.45) is 5.14 Å². The first-order valence-electron chi connectivity index (χ1n) is 2.81. The van der Waals surface area contributed by atoms with Crippen LogP contribution in [0.15, 0.2) is 18.3 Å². The third-order valence-corrected chi connectivity index (χ3v) is 1.56. The van der Waals surface area contributed by atoms with E-state index in [1.54, 1.807) is 0 Å². The largest absolute Gasteiger partial charge is 0.380 e. The van der Waals surface area contributed by atoms with Gasteiger partial charge in [-0.3, -0.25) is 0 Å². The molecule has 7 heteroatoms. The predicted octanol–water partition coefficient (Wildman–Crippen LogP) is 0.317. The topological polar surface area (TPSA) is 82.3 Å². The number of hydrogen-bond acceptors (Lipinski definition) is 4. The zero-order valence-corrected chi connectivity index (χ0v) is 7.34. The van der Waals surface area contributed by atoms with Crippen LogP contribution in [-0.2, 0) is 10.3 Å². The maximum Gasteiger partial charge on any atom is 0.380 e. The van der Waals surface area contributed by atoms with E-state index in [1.807, 2.05) is 0 Å². The SMILES string of the molecule is NS(=O)(=O)Oc1ccc(Cl)nc1. The number of rotatable bonds is 2. The van der Waals surface area contributed by atoms with Crippen molar-refractivity contribution in [3.05, 3.63) is 23.5 Å². The summed E-state index contributed by atoms with van der Waals surface area (Å²) in [7, 11) is -3.97. The molecule has 1 aromatic heterocycles. The number of halogens is 1. The summed E-state index contributed by atoms with van der Waals surface area (Å²) in [6, 6.07) is 2.74. The van der Waals surface area contributed by atoms with Crippen molar-refractivity contribution in [2.45, 2.75) is 0 Å². The van der Waals surface area contributed by atoms with Crippen LogP contribution in [0.4, 0.5) is 0 Å². The molecule has 0 atom stereocenters. The van der Waals surface area contributed by atoms with E-state index < -0.39 is 10.3 Å². The van der Waals surface area contributed by atoms with Crippen LogP contribution < -0.4 is 9.32 Å². The Morgan fingerprint density at radius 1 is 1.50 bits per heavy atom. The first-order chi connectivity index (χ1) is 5.47. The summed E-state index contributed by atoms with van der Waals surface area (Å²) in [4.78, 5) is 3.58. The fourth-order valence-corrected chi connectivity index (χ4v) is 1.02. The van der Waals surface area contributed by atoms with Gasteiger partial charge in [-0.25, -0.2) is 4.98 Å². The van der Waals surface area contributed by atoms with Crippen LogP contribution in [0.5, 0.6) is 5.75 Å². The third-order valence-electron chi connectivity index (χ3n) is 0.913. The minimum Gasteiger partial charge on any atom is -0.369 e. The average molecular weight is 209 g/mol. The molecular weight excluding hydrogens is 204 g/mol. The van der Waals surface area contributed by atoms with Crippen molar-refractivity contribution in [1.82, 2.24) is 4.98 Å². The van der Waals surface area contributed by atoms with Gasteiger partial charge in [0.2, 0.25) is 0 Å². The molecule has 1 heterocycles. The highest BCUT2D eigenvalue weighted by Gasteiger charge is 2.04. The smallest absolute Gasteiger partial charge is 0.369 e. The molecule has 0 aliphatic heterocycles. The molecule has 0 radical (unpaired) electrons. The lowest BCUT2D eigenvalue weighted by molar-refractivity contribution is 0.486. The fourth-order valence-electron chi connectivity index (χ4n) is 0.546. The number of nitrogens with zero attached hydrogens (tertiary/aromatic N) is 1. The fraction of sp³-hybridized carbons (Fsp3) is 0. The molecule has 0 fully saturated rings. The van der Waals surface area contributed by atoms with Crippen LogP contribution >= 0.6 is 11.6 Å². The van der Waals surface area contributed by atoms with E-state index in [4.69, 9.17) is 11.6 Å². The molecule has 0 bridgehead atoms. The van der Waals surface area contributed by atoms with Crippen molar-refractivity contribution in [3.63, 3.8) is 0 Å². The monoisotopic (exact) mass is 208 g/mol. The van der Waals surface area contributed by atoms with Gasteiger partial charge in [-0.2, -0.15) is 13.6 Å². The van der Waals surface area contributed by atoms with Crippen LogP contribution in [0.2, 0.25) is 5.15 Å². The third kappa shape index (κ3) is 3.04. The Labute approximate surface area is 74.4 Å². The molecule has 0 aliphatic rings. The van der Waals surface area contributed by atoms with Crippen molar-refractivity contribution >= 4 is 21.9 Å².